The number of nitrogens with one attached hydrogen (secondary N) is 1. The summed E-state index contributed by atoms with van der Waals surface area (Å²) < 4.78 is 7.06. The third-order valence-electron chi connectivity index (χ3n) is 5.46. The number of pyridine rings is 1. The van der Waals surface area contributed by atoms with Crippen molar-refractivity contribution in [3.05, 3.63) is 78.6 Å². The van der Waals surface area contributed by atoms with Gasteiger partial charge in [-0.05, 0) is 36.4 Å². The number of nitrogens with zero attached hydrogens (tertiary/aromatic N) is 4. The molecular formula is C24H21N5O3. The molecule has 1 N–H and O–H groups in total. The zero-order valence-corrected chi connectivity index (χ0v) is 17.4. The van der Waals surface area contributed by atoms with Crippen LogP contribution in [-0.2, 0) is 16.1 Å². The van der Waals surface area contributed by atoms with Crippen molar-refractivity contribution in [3.63, 3.8) is 0 Å². The number of fused-ring (bicyclic) bond motifs is 3. The first-order valence-electron chi connectivity index (χ1n) is 10.3. The molecule has 0 saturated carbocycles. The van der Waals surface area contributed by atoms with Crippen LogP contribution in [0, 0.1) is 0 Å². The van der Waals surface area contributed by atoms with Crippen LogP contribution >= 0.6 is 0 Å². The van der Waals surface area contributed by atoms with Crippen LogP contribution in [0.2, 0.25) is 0 Å². The van der Waals surface area contributed by atoms with Gasteiger partial charge in [-0.25, -0.2) is 4.98 Å². The Morgan fingerprint density at radius 1 is 1.09 bits per heavy atom. The lowest BCUT2D eigenvalue weighted by molar-refractivity contribution is -0.124. The first-order chi connectivity index (χ1) is 15.6. The lowest BCUT2D eigenvalue weighted by atomic mass is 10.1. The molecule has 0 bridgehead atoms. The smallest absolute Gasteiger partial charge is 0.253 e. The molecular weight excluding hydrogens is 406 g/mol. The van der Waals surface area contributed by atoms with E-state index in [1.165, 1.54) is 0 Å². The second-order valence-corrected chi connectivity index (χ2v) is 7.52. The van der Waals surface area contributed by atoms with Crippen molar-refractivity contribution < 1.29 is 14.3 Å². The van der Waals surface area contributed by atoms with E-state index in [-0.39, 0.29) is 24.8 Å². The number of imidazole rings is 1. The van der Waals surface area contributed by atoms with Crippen molar-refractivity contribution in [3.8, 4) is 5.75 Å². The van der Waals surface area contributed by atoms with Crippen LogP contribution < -0.4 is 15.0 Å². The Bertz CT molecular complexity index is 1300. The van der Waals surface area contributed by atoms with Crippen molar-refractivity contribution in [2.24, 2.45) is 0 Å². The Hall–Kier alpha value is -4.20. The largest absolute Gasteiger partial charge is 0.497 e. The van der Waals surface area contributed by atoms with Crippen molar-refractivity contribution in [2.75, 3.05) is 17.3 Å². The van der Waals surface area contributed by atoms with Crippen molar-refractivity contribution >= 4 is 34.5 Å². The standard InChI is InChI=1S/C24H21N5O3/c1-32-18-9-6-8-16(13-18)26-22(30)14-21-23(31)28(15-17-7-4-5-12-25-17)24-27-19-10-2-3-11-20(19)29(21)24/h2-13,21H,14-15H2,1H3,(H,26,30)/t21-/m0/s1. The average Bonchev–Trinajstić information content (AvgIpc) is 3.30. The molecule has 0 spiro atoms. The zero-order valence-electron chi connectivity index (χ0n) is 17.4. The molecule has 0 fully saturated rings. The predicted octanol–water partition coefficient (Wildman–Crippen LogP) is 3.56. The zero-order chi connectivity index (χ0) is 22.1. The van der Waals surface area contributed by atoms with E-state index in [9.17, 15) is 9.59 Å². The van der Waals surface area contributed by atoms with Gasteiger partial charge in [-0.15, -0.1) is 0 Å². The van der Waals surface area contributed by atoms with Crippen LogP contribution in [0.5, 0.6) is 5.75 Å². The molecule has 2 aromatic carbocycles. The fraction of sp³-hybridized carbons (Fsp3) is 0.167. The summed E-state index contributed by atoms with van der Waals surface area (Å²) in [6.45, 7) is 0.289. The van der Waals surface area contributed by atoms with Gasteiger partial charge in [0.05, 0.1) is 36.8 Å². The number of para-hydroxylation sites is 2. The average molecular weight is 427 g/mol. The summed E-state index contributed by atoms with van der Waals surface area (Å²) in [5.74, 6) is 0.731. The first kappa shape index (κ1) is 19.7. The SMILES string of the molecule is COc1cccc(NC(=O)C[C@H]2C(=O)N(Cc3ccccn3)c3nc4ccccc4n32)c1. The predicted molar refractivity (Wildman–Crippen MR) is 120 cm³/mol. The number of anilines is 2. The minimum absolute atomic E-state index is 0.0118. The van der Waals surface area contributed by atoms with E-state index in [0.29, 0.717) is 17.4 Å². The highest BCUT2D eigenvalue weighted by molar-refractivity contribution is 6.05. The monoisotopic (exact) mass is 427 g/mol. The van der Waals surface area contributed by atoms with Crippen molar-refractivity contribution in [2.45, 2.75) is 19.0 Å². The van der Waals surface area contributed by atoms with Crippen LogP contribution in [0.4, 0.5) is 11.6 Å². The van der Waals surface area contributed by atoms with E-state index in [2.05, 4.69) is 15.3 Å². The molecule has 1 atom stereocenters. The van der Waals surface area contributed by atoms with E-state index in [1.807, 2.05) is 47.0 Å². The molecule has 5 rings (SSSR count). The number of hydrogen-bond acceptors (Lipinski definition) is 5. The quantitative estimate of drug-likeness (QED) is 0.508. The van der Waals surface area contributed by atoms with Crippen LogP contribution in [-0.4, -0.2) is 33.5 Å². The Morgan fingerprint density at radius 2 is 1.94 bits per heavy atom. The van der Waals surface area contributed by atoms with Crippen LogP contribution in [0.25, 0.3) is 11.0 Å². The summed E-state index contributed by atoms with van der Waals surface area (Å²) in [6, 6.07) is 19.6. The maximum atomic E-state index is 13.4. The molecule has 0 saturated heterocycles. The summed E-state index contributed by atoms with van der Waals surface area (Å²) in [4.78, 5) is 36.9. The van der Waals surface area contributed by atoms with Gasteiger partial charge in [-0.1, -0.05) is 24.3 Å². The minimum Gasteiger partial charge on any atom is -0.497 e. The highest BCUT2D eigenvalue weighted by Crippen LogP contribution is 2.37. The van der Waals surface area contributed by atoms with Crippen LogP contribution in [0.15, 0.2) is 72.9 Å². The van der Waals surface area contributed by atoms with E-state index in [4.69, 9.17) is 4.74 Å². The van der Waals surface area contributed by atoms with Gasteiger partial charge in [0.15, 0.2) is 0 Å². The molecule has 8 nitrogen and oxygen atoms in total. The number of amides is 2. The molecule has 0 aliphatic carbocycles. The topological polar surface area (TPSA) is 89.3 Å². The number of methoxy groups -OCH3 is 1. The Kier molecular flexibility index (Phi) is 5.03. The molecule has 160 valence electrons. The highest BCUT2D eigenvalue weighted by Gasteiger charge is 2.41. The third kappa shape index (κ3) is 3.56. The number of aromatic nitrogens is 3. The summed E-state index contributed by atoms with van der Waals surface area (Å²) in [5, 5.41) is 2.86. The molecule has 2 amide bonds. The van der Waals surface area contributed by atoms with Gasteiger partial charge in [0.2, 0.25) is 11.9 Å². The summed E-state index contributed by atoms with van der Waals surface area (Å²) in [5.41, 5.74) is 2.96. The van der Waals surface area contributed by atoms with Crippen molar-refractivity contribution in [1.82, 2.24) is 14.5 Å². The fourth-order valence-corrected chi connectivity index (χ4v) is 3.99. The Morgan fingerprint density at radius 3 is 2.75 bits per heavy atom. The maximum absolute atomic E-state index is 13.4. The van der Waals surface area contributed by atoms with Gasteiger partial charge in [0.25, 0.3) is 5.91 Å². The Balaban J connectivity index is 1.45. The third-order valence-corrected chi connectivity index (χ3v) is 5.46. The lowest BCUT2D eigenvalue weighted by Gasteiger charge is -2.15. The molecule has 0 radical (unpaired) electrons. The van der Waals surface area contributed by atoms with E-state index < -0.39 is 6.04 Å². The number of benzene rings is 2. The molecule has 3 heterocycles. The molecule has 1 aliphatic heterocycles. The fourth-order valence-electron chi connectivity index (χ4n) is 3.99. The van der Waals surface area contributed by atoms with Crippen LogP contribution in [0.3, 0.4) is 0 Å². The van der Waals surface area contributed by atoms with E-state index in [0.717, 1.165) is 16.7 Å². The highest BCUT2D eigenvalue weighted by atomic mass is 16.5. The second-order valence-electron chi connectivity index (χ2n) is 7.52. The number of carbonyl (C=O) groups excluding carboxylic acids is 2. The van der Waals surface area contributed by atoms with Gasteiger partial charge in [-0.3, -0.25) is 24.0 Å². The first-order valence-corrected chi connectivity index (χ1v) is 10.3. The van der Waals surface area contributed by atoms with Gasteiger partial charge in [0, 0.05) is 18.0 Å². The van der Waals surface area contributed by atoms with Crippen molar-refractivity contribution in [1.29, 1.82) is 0 Å². The number of ether oxygens (including phenoxy) is 1. The summed E-state index contributed by atoms with van der Waals surface area (Å²) in [6.07, 6.45) is 1.68. The lowest BCUT2D eigenvalue weighted by Crippen LogP contribution is -2.31. The summed E-state index contributed by atoms with van der Waals surface area (Å²) in [7, 11) is 1.57. The summed E-state index contributed by atoms with van der Waals surface area (Å²) >= 11 is 0. The molecule has 8 heteroatoms. The number of hydrogen-bond donors (Lipinski definition) is 1. The minimum atomic E-state index is -0.688. The van der Waals surface area contributed by atoms with Gasteiger partial charge in [-0.2, -0.15) is 0 Å². The van der Waals surface area contributed by atoms with E-state index in [1.54, 1.807) is 42.5 Å². The van der Waals surface area contributed by atoms with Gasteiger partial charge in [0.1, 0.15) is 11.8 Å². The van der Waals surface area contributed by atoms with Gasteiger partial charge < -0.3 is 10.1 Å². The number of carbonyl (C=O) groups is 2. The van der Waals surface area contributed by atoms with Crippen LogP contribution in [0.1, 0.15) is 18.2 Å². The molecule has 32 heavy (non-hydrogen) atoms. The normalized spacial score (nSPS) is 15.1. The number of rotatable bonds is 6. The molecule has 2 aromatic heterocycles. The maximum Gasteiger partial charge on any atom is 0.253 e. The Labute approximate surface area is 184 Å². The second kappa shape index (κ2) is 8.14. The molecule has 4 aromatic rings. The molecule has 0 unspecified atom stereocenters. The molecule has 1 aliphatic rings. The van der Waals surface area contributed by atoms with Gasteiger partial charge >= 0.3 is 0 Å². The van der Waals surface area contributed by atoms with E-state index >= 15 is 0 Å².